The number of hydrogen-bond acceptors (Lipinski definition) is 2. The van der Waals surface area contributed by atoms with Crippen LogP contribution >= 0.6 is 12.4 Å². The summed E-state index contributed by atoms with van der Waals surface area (Å²) in [6.45, 7) is 6.95. The lowest BCUT2D eigenvalue weighted by atomic mass is 9.95. The van der Waals surface area contributed by atoms with E-state index in [1.807, 2.05) is 0 Å². The largest absolute Gasteiger partial charge is 0.352 e. The van der Waals surface area contributed by atoms with Crippen LogP contribution in [0.2, 0.25) is 0 Å². The van der Waals surface area contributed by atoms with Gasteiger partial charge in [-0.2, -0.15) is 0 Å². The highest BCUT2D eigenvalue weighted by Gasteiger charge is 2.13. The molecule has 1 aliphatic rings. The zero-order chi connectivity index (χ0) is 15.1. The highest BCUT2D eigenvalue weighted by Crippen LogP contribution is 2.18. The van der Waals surface area contributed by atoms with Crippen molar-refractivity contribution in [2.75, 3.05) is 0 Å². The number of carbonyl (C=O) groups excluding carboxylic acids is 1. The molecule has 0 bridgehead atoms. The van der Waals surface area contributed by atoms with E-state index in [0.29, 0.717) is 18.9 Å². The van der Waals surface area contributed by atoms with Crippen LogP contribution in [0.15, 0.2) is 18.2 Å². The van der Waals surface area contributed by atoms with Crippen molar-refractivity contribution >= 4 is 18.3 Å². The normalized spacial score (nSPS) is 14.1. The van der Waals surface area contributed by atoms with Crippen LogP contribution in [0.25, 0.3) is 0 Å². The first-order valence-corrected chi connectivity index (χ1v) is 8.31. The fourth-order valence-electron chi connectivity index (χ4n) is 2.94. The average molecular weight is 325 g/mol. The van der Waals surface area contributed by atoms with Crippen molar-refractivity contribution < 1.29 is 4.79 Å². The van der Waals surface area contributed by atoms with E-state index in [9.17, 15) is 4.79 Å². The maximum Gasteiger partial charge on any atom is 0.220 e. The first kappa shape index (κ1) is 19.0. The number of halogens is 1. The van der Waals surface area contributed by atoms with Gasteiger partial charge in [-0.25, -0.2) is 0 Å². The molecule has 0 radical (unpaired) electrons. The van der Waals surface area contributed by atoms with E-state index in [-0.39, 0.29) is 18.3 Å². The lowest BCUT2D eigenvalue weighted by Crippen LogP contribution is -2.25. The average Bonchev–Trinajstić information content (AvgIpc) is 2.96. The van der Waals surface area contributed by atoms with Crippen LogP contribution in [0.3, 0.4) is 0 Å². The Morgan fingerprint density at radius 3 is 2.77 bits per heavy atom. The van der Waals surface area contributed by atoms with Gasteiger partial charge in [0.1, 0.15) is 0 Å². The zero-order valence-corrected chi connectivity index (χ0v) is 14.6. The lowest BCUT2D eigenvalue weighted by molar-refractivity contribution is -0.122. The van der Waals surface area contributed by atoms with E-state index in [0.717, 1.165) is 19.5 Å². The summed E-state index contributed by atoms with van der Waals surface area (Å²) in [6.07, 6.45) is 5.37. The molecule has 0 aromatic heterocycles. The predicted molar refractivity (Wildman–Crippen MR) is 94.0 cm³/mol. The highest BCUT2D eigenvalue weighted by atomic mass is 35.5. The van der Waals surface area contributed by atoms with E-state index < -0.39 is 0 Å². The third-order valence-corrected chi connectivity index (χ3v) is 4.41. The zero-order valence-electron chi connectivity index (χ0n) is 13.8. The molecule has 1 atom stereocenters. The van der Waals surface area contributed by atoms with Crippen molar-refractivity contribution in [1.82, 2.24) is 10.6 Å². The molecule has 1 heterocycles. The molecule has 1 aromatic rings. The van der Waals surface area contributed by atoms with Crippen molar-refractivity contribution in [2.45, 2.75) is 65.6 Å². The number of benzene rings is 1. The second-order valence-electron chi connectivity index (χ2n) is 6.10. The lowest BCUT2D eigenvalue weighted by Gasteiger charge is -2.14. The molecule has 0 saturated heterocycles. The number of amides is 1. The summed E-state index contributed by atoms with van der Waals surface area (Å²) in [7, 11) is 0. The van der Waals surface area contributed by atoms with E-state index in [1.165, 1.54) is 36.0 Å². The molecule has 0 fully saturated rings. The molecule has 1 aliphatic heterocycles. The summed E-state index contributed by atoms with van der Waals surface area (Å²) in [5.41, 5.74) is 3.96. The van der Waals surface area contributed by atoms with Gasteiger partial charge in [0.2, 0.25) is 5.91 Å². The number of hydrogen-bond donors (Lipinski definition) is 2. The van der Waals surface area contributed by atoms with E-state index in [2.05, 4.69) is 42.7 Å². The predicted octanol–water partition coefficient (Wildman–Crippen LogP) is 3.93. The molecule has 22 heavy (non-hydrogen) atoms. The van der Waals surface area contributed by atoms with Gasteiger partial charge in [-0.3, -0.25) is 4.79 Å². The SMILES string of the molecule is CCCCC(CC)CC(=O)NCc1ccc2c(c1)CNC2.Cl. The summed E-state index contributed by atoms with van der Waals surface area (Å²) in [4.78, 5) is 12.1. The Morgan fingerprint density at radius 2 is 2.05 bits per heavy atom. The smallest absolute Gasteiger partial charge is 0.220 e. The number of carbonyl (C=O) groups is 1. The van der Waals surface area contributed by atoms with Crippen molar-refractivity contribution in [1.29, 1.82) is 0 Å². The number of unbranched alkanes of at least 4 members (excludes halogenated alkanes) is 1. The van der Waals surface area contributed by atoms with E-state index in [1.54, 1.807) is 0 Å². The standard InChI is InChI=1S/C18H28N2O.ClH/c1-3-5-6-14(4-2)10-18(21)20-11-15-7-8-16-12-19-13-17(16)9-15;/h7-9,14,19H,3-6,10-13H2,1-2H3,(H,20,21);1H. The second-order valence-corrected chi connectivity index (χ2v) is 6.10. The van der Waals surface area contributed by atoms with E-state index in [4.69, 9.17) is 0 Å². The van der Waals surface area contributed by atoms with Crippen molar-refractivity contribution in [3.8, 4) is 0 Å². The van der Waals surface area contributed by atoms with Crippen LogP contribution in [0.4, 0.5) is 0 Å². The Kier molecular flexibility index (Phi) is 8.51. The topological polar surface area (TPSA) is 41.1 Å². The van der Waals surface area contributed by atoms with Gasteiger partial charge in [-0.15, -0.1) is 12.4 Å². The van der Waals surface area contributed by atoms with E-state index >= 15 is 0 Å². The summed E-state index contributed by atoms with van der Waals surface area (Å²) < 4.78 is 0. The molecule has 2 N–H and O–H groups in total. The Bertz CT molecular complexity index is 476. The summed E-state index contributed by atoms with van der Waals surface area (Å²) in [5, 5.41) is 6.42. The number of nitrogens with one attached hydrogen (secondary N) is 2. The molecular weight excluding hydrogens is 296 g/mol. The van der Waals surface area contributed by atoms with Gasteiger partial charge in [0.15, 0.2) is 0 Å². The number of rotatable bonds is 8. The molecular formula is C18H29ClN2O. The molecule has 1 unspecified atom stereocenters. The van der Waals surface area contributed by atoms with Crippen LogP contribution in [0.5, 0.6) is 0 Å². The summed E-state index contributed by atoms with van der Waals surface area (Å²) >= 11 is 0. The van der Waals surface area contributed by atoms with Crippen molar-refractivity contribution in [2.24, 2.45) is 5.92 Å². The second kappa shape index (κ2) is 9.86. The fourth-order valence-corrected chi connectivity index (χ4v) is 2.94. The summed E-state index contributed by atoms with van der Waals surface area (Å²) in [6, 6.07) is 6.51. The quantitative estimate of drug-likeness (QED) is 0.760. The van der Waals surface area contributed by atoms with Crippen LogP contribution in [0, 0.1) is 5.92 Å². The van der Waals surface area contributed by atoms with Gasteiger partial charge < -0.3 is 10.6 Å². The van der Waals surface area contributed by atoms with Crippen LogP contribution in [-0.4, -0.2) is 5.91 Å². The minimum atomic E-state index is 0. The fraction of sp³-hybridized carbons (Fsp3) is 0.611. The minimum absolute atomic E-state index is 0. The molecule has 3 nitrogen and oxygen atoms in total. The molecule has 124 valence electrons. The summed E-state index contributed by atoms with van der Waals surface area (Å²) in [5.74, 6) is 0.728. The van der Waals surface area contributed by atoms with Crippen molar-refractivity contribution in [3.05, 3.63) is 34.9 Å². The number of fused-ring (bicyclic) bond motifs is 1. The van der Waals surface area contributed by atoms with Gasteiger partial charge >= 0.3 is 0 Å². The molecule has 0 saturated carbocycles. The van der Waals surface area contributed by atoms with Crippen LogP contribution in [0.1, 0.15) is 62.6 Å². The Morgan fingerprint density at radius 1 is 1.27 bits per heavy atom. The van der Waals surface area contributed by atoms with Gasteiger partial charge in [-0.05, 0) is 29.0 Å². The first-order valence-electron chi connectivity index (χ1n) is 8.31. The first-order chi connectivity index (χ1) is 10.2. The molecule has 0 aliphatic carbocycles. The van der Waals surface area contributed by atoms with Gasteiger partial charge in [0.25, 0.3) is 0 Å². The van der Waals surface area contributed by atoms with Gasteiger partial charge in [0.05, 0.1) is 0 Å². The van der Waals surface area contributed by atoms with Crippen molar-refractivity contribution in [3.63, 3.8) is 0 Å². The molecule has 4 heteroatoms. The third-order valence-electron chi connectivity index (χ3n) is 4.41. The molecule has 0 spiro atoms. The van der Waals surface area contributed by atoms with Crippen LogP contribution < -0.4 is 10.6 Å². The Labute approximate surface area is 140 Å². The molecule has 2 rings (SSSR count). The third kappa shape index (κ3) is 5.62. The maximum atomic E-state index is 12.1. The minimum Gasteiger partial charge on any atom is -0.352 e. The monoisotopic (exact) mass is 324 g/mol. The molecule has 1 amide bonds. The van der Waals surface area contributed by atoms with Gasteiger partial charge in [0, 0.05) is 26.1 Å². The van der Waals surface area contributed by atoms with Gasteiger partial charge in [-0.1, -0.05) is 51.3 Å². The Hall–Kier alpha value is -1.06. The maximum absolute atomic E-state index is 12.1. The Balaban J connectivity index is 0.00000242. The highest BCUT2D eigenvalue weighted by molar-refractivity contribution is 5.85. The molecule has 1 aromatic carbocycles. The van der Waals surface area contributed by atoms with Crippen LogP contribution in [-0.2, 0) is 24.4 Å².